The van der Waals surface area contributed by atoms with Gasteiger partial charge in [-0.2, -0.15) is 0 Å². The summed E-state index contributed by atoms with van der Waals surface area (Å²) < 4.78 is 0. The fourth-order valence-corrected chi connectivity index (χ4v) is 1.75. The van der Waals surface area contributed by atoms with E-state index >= 15 is 0 Å². The van der Waals surface area contributed by atoms with Crippen molar-refractivity contribution in [2.24, 2.45) is 5.92 Å². The Balaban J connectivity index is 2.95. The molecule has 0 spiro atoms. The van der Waals surface area contributed by atoms with Crippen LogP contribution in [0.3, 0.4) is 0 Å². The Kier molecular flexibility index (Phi) is 6.71. The lowest BCUT2D eigenvalue weighted by molar-refractivity contribution is 0.249. The van der Waals surface area contributed by atoms with Gasteiger partial charge >= 0.3 is 0 Å². The number of hydrogen-bond acceptors (Lipinski definition) is 5. The van der Waals surface area contributed by atoms with Crippen LogP contribution in [0, 0.1) is 5.92 Å². The van der Waals surface area contributed by atoms with E-state index in [1.54, 1.807) is 0 Å². The lowest BCUT2D eigenvalue weighted by Crippen LogP contribution is -2.30. The van der Waals surface area contributed by atoms with Crippen molar-refractivity contribution < 1.29 is 5.11 Å². The minimum Gasteiger partial charge on any atom is -0.394 e. The second-order valence-electron chi connectivity index (χ2n) is 5.76. The van der Waals surface area contributed by atoms with E-state index in [0.717, 1.165) is 30.4 Å². The Bertz CT molecular complexity index is 407. The van der Waals surface area contributed by atoms with Gasteiger partial charge in [-0.1, -0.05) is 34.6 Å². The van der Waals surface area contributed by atoms with Gasteiger partial charge < -0.3 is 15.7 Å². The third-order valence-corrected chi connectivity index (χ3v) is 3.15. The van der Waals surface area contributed by atoms with Gasteiger partial charge in [-0.15, -0.1) is 0 Å². The van der Waals surface area contributed by atoms with Crippen molar-refractivity contribution in [3.63, 3.8) is 0 Å². The van der Waals surface area contributed by atoms with Crippen LogP contribution in [0.15, 0.2) is 6.07 Å². The lowest BCUT2D eigenvalue weighted by atomic mass is 10.1. The second kappa shape index (κ2) is 8.04. The zero-order valence-electron chi connectivity index (χ0n) is 13.3. The predicted octanol–water partition coefficient (Wildman–Crippen LogP) is 2.85. The second-order valence-corrected chi connectivity index (χ2v) is 5.76. The molecule has 114 valence electrons. The number of nitrogens with one attached hydrogen (secondary N) is 2. The Morgan fingerprint density at radius 1 is 1.15 bits per heavy atom. The van der Waals surface area contributed by atoms with Crippen LogP contribution in [0.25, 0.3) is 0 Å². The van der Waals surface area contributed by atoms with Gasteiger partial charge in [-0.3, -0.25) is 0 Å². The molecule has 0 saturated heterocycles. The van der Waals surface area contributed by atoms with Crippen molar-refractivity contribution in [2.75, 3.05) is 23.8 Å². The molecule has 1 rings (SSSR count). The third kappa shape index (κ3) is 4.96. The van der Waals surface area contributed by atoms with E-state index in [9.17, 15) is 5.11 Å². The molecule has 0 saturated carbocycles. The van der Waals surface area contributed by atoms with E-state index in [4.69, 9.17) is 0 Å². The van der Waals surface area contributed by atoms with Crippen LogP contribution in [0.5, 0.6) is 0 Å². The maximum Gasteiger partial charge on any atom is 0.135 e. The smallest absolute Gasteiger partial charge is 0.135 e. The summed E-state index contributed by atoms with van der Waals surface area (Å²) in [7, 11) is 0. The monoisotopic (exact) mass is 280 g/mol. The fourth-order valence-electron chi connectivity index (χ4n) is 1.75. The van der Waals surface area contributed by atoms with E-state index < -0.39 is 0 Å². The Morgan fingerprint density at radius 2 is 1.80 bits per heavy atom. The summed E-state index contributed by atoms with van der Waals surface area (Å²) in [5, 5.41) is 16.0. The van der Waals surface area contributed by atoms with Gasteiger partial charge in [-0.25, -0.2) is 9.97 Å². The molecular weight excluding hydrogens is 252 g/mol. The number of aliphatic hydroxyl groups is 1. The first-order chi connectivity index (χ1) is 9.47. The SMILES string of the molecule is CCCNc1cc(NC(CO)C(C)C)nc(C(C)C)n1. The molecule has 0 aliphatic heterocycles. The molecule has 0 amide bonds. The number of aliphatic hydroxyl groups excluding tert-OH is 1. The molecule has 1 heterocycles. The Morgan fingerprint density at radius 3 is 2.30 bits per heavy atom. The van der Waals surface area contributed by atoms with Gasteiger partial charge in [0.15, 0.2) is 0 Å². The summed E-state index contributed by atoms with van der Waals surface area (Å²) in [6, 6.07) is 1.91. The molecule has 3 N–H and O–H groups in total. The minimum atomic E-state index is 0.00365. The van der Waals surface area contributed by atoms with Gasteiger partial charge in [-0.05, 0) is 12.3 Å². The Hall–Kier alpha value is -1.36. The largest absolute Gasteiger partial charge is 0.394 e. The lowest BCUT2D eigenvalue weighted by Gasteiger charge is -2.21. The number of aromatic nitrogens is 2. The van der Waals surface area contributed by atoms with Crippen molar-refractivity contribution in [2.45, 2.75) is 53.0 Å². The summed E-state index contributed by atoms with van der Waals surface area (Å²) in [6.07, 6.45) is 1.05. The van der Waals surface area contributed by atoms with Gasteiger partial charge in [0.1, 0.15) is 17.5 Å². The van der Waals surface area contributed by atoms with Gasteiger partial charge in [0.25, 0.3) is 0 Å². The minimum absolute atomic E-state index is 0.00365. The summed E-state index contributed by atoms with van der Waals surface area (Å²) in [5.74, 6) is 3.03. The number of hydrogen-bond donors (Lipinski definition) is 3. The van der Waals surface area contributed by atoms with Crippen LogP contribution < -0.4 is 10.6 Å². The van der Waals surface area contributed by atoms with Gasteiger partial charge in [0.2, 0.25) is 0 Å². The molecule has 0 aromatic carbocycles. The molecule has 5 nitrogen and oxygen atoms in total. The molecule has 1 unspecified atom stereocenters. The predicted molar refractivity (Wildman–Crippen MR) is 84.2 cm³/mol. The maximum atomic E-state index is 9.43. The average molecular weight is 280 g/mol. The zero-order chi connectivity index (χ0) is 15.1. The van der Waals surface area contributed by atoms with Crippen molar-refractivity contribution in [3.8, 4) is 0 Å². The number of nitrogens with zero attached hydrogens (tertiary/aromatic N) is 2. The fraction of sp³-hybridized carbons (Fsp3) is 0.733. The first-order valence-electron chi connectivity index (χ1n) is 7.48. The van der Waals surface area contributed by atoms with Gasteiger partial charge in [0.05, 0.1) is 12.6 Å². The highest BCUT2D eigenvalue weighted by Gasteiger charge is 2.14. The maximum absolute atomic E-state index is 9.43. The molecule has 0 aliphatic carbocycles. The van der Waals surface area contributed by atoms with E-state index in [1.165, 1.54) is 0 Å². The van der Waals surface area contributed by atoms with E-state index in [0.29, 0.717) is 5.92 Å². The molecule has 0 bridgehead atoms. The topological polar surface area (TPSA) is 70.1 Å². The number of rotatable bonds is 8. The van der Waals surface area contributed by atoms with Crippen molar-refractivity contribution in [1.82, 2.24) is 9.97 Å². The number of anilines is 2. The third-order valence-electron chi connectivity index (χ3n) is 3.15. The highest BCUT2D eigenvalue weighted by molar-refractivity contribution is 5.48. The first-order valence-corrected chi connectivity index (χ1v) is 7.48. The van der Waals surface area contributed by atoms with E-state index in [-0.39, 0.29) is 18.6 Å². The molecule has 1 aromatic heterocycles. The average Bonchev–Trinajstić information content (AvgIpc) is 2.41. The van der Waals surface area contributed by atoms with Crippen LogP contribution in [-0.4, -0.2) is 34.3 Å². The molecule has 1 aromatic rings. The van der Waals surface area contributed by atoms with Crippen LogP contribution in [0.4, 0.5) is 11.6 Å². The quantitative estimate of drug-likeness (QED) is 0.683. The first kappa shape index (κ1) is 16.7. The highest BCUT2D eigenvalue weighted by atomic mass is 16.3. The van der Waals surface area contributed by atoms with Crippen LogP contribution in [-0.2, 0) is 0 Å². The van der Waals surface area contributed by atoms with Crippen LogP contribution in [0.2, 0.25) is 0 Å². The molecular formula is C15H28N4O. The van der Waals surface area contributed by atoms with E-state index in [1.807, 2.05) is 6.07 Å². The highest BCUT2D eigenvalue weighted by Crippen LogP contribution is 2.19. The van der Waals surface area contributed by atoms with Crippen molar-refractivity contribution >= 4 is 11.6 Å². The summed E-state index contributed by atoms with van der Waals surface area (Å²) >= 11 is 0. The summed E-state index contributed by atoms with van der Waals surface area (Å²) in [4.78, 5) is 9.06. The molecule has 1 atom stereocenters. The molecule has 0 radical (unpaired) electrons. The standard InChI is InChI=1S/C15H28N4O/c1-6-7-16-13-8-14(17-12(9-20)10(2)3)19-15(18-13)11(4)5/h8,10-12,20H,6-7,9H2,1-5H3,(H2,16,17,18,19). The van der Waals surface area contributed by atoms with E-state index in [2.05, 4.69) is 55.2 Å². The molecule has 0 fully saturated rings. The molecule has 20 heavy (non-hydrogen) atoms. The van der Waals surface area contributed by atoms with Crippen LogP contribution in [0.1, 0.15) is 52.8 Å². The zero-order valence-corrected chi connectivity index (χ0v) is 13.3. The Labute approximate surface area is 122 Å². The normalized spacial score (nSPS) is 12.8. The van der Waals surface area contributed by atoms with Crippen LogP contribution >= 0.6 is 0 Å². The van der Waals surface area contributed by atoms with Crippen molar-refractivity contribution in [3.05, 3.63) is 11.9 Å². The van der Waals surface area contributed by atoms with Crippen molar-refractivity contribution in [1.29, 1.82) is 0 Å². The van der Waals surface area contributed by atoms with Gasteiger partial charge in [0, 0.05) is 18.5 Å². The summed E-state index contributed by atoms with van der Waals surface area (Å²) in [5.41, 5.74) is 0. The summed E-state index contributed by atoms with van der Waals surface area (Å²) in [6.45, 7) is 11.4. The molecule has 5 heteroatoms. The molecule has 0 aliphatic rings.